The van der Waals surface area contributed by atoms with Crippen LogP contribution in [0.15, 0.2) is 4.99 Å². The van der Waals surface area contributed by atoms with Gasteiger partial charge in [0.2, 0.25) is 5.96 Å². The first-order chi connectivity index (χ1) is 7.79. The van der Waals surface area contributed by atoms with Crippen molar-refractivity contribution in [2.24, 2.45) is 4.99 Å². The molecule has 0 aromatic rings. The molecule has 0 aliphatic carbocycles. The third kappa shape index (κ3) is 6.70. The van der Waals surface area contributed by atoms with Crippen LogP contribution in [0.4, 0.5) is 0 Å². The highest BCUT2D eigenvalue weighted by Crippen LogP contribution is 1.98. The van der Waals surface area contributed by atoms with Crippen molar-refractivity contribution in [1.29, 1.82) is 0 Å². The van der Waals surface area contributed by atoms with Gasteiger partial charge in [0.15, 0.2) is 0 Å². The maximum atomic E-state index is 4.59. The Labute approximate surface area is 101 Å². The van der Waals surface area contributed by atoms with Crippen LogP contribution >= 0.6 is 0 Å². The van der Waals surface area contributed by atoms with Crippen molar-refractivity contribution < 1.29 is 0 Å². The number of hydrogen-bond donors (Lipinski definition) is 0. The van der Waals surface area contributed by atoms with Gasteiger partial charge in [0.25, 0.3) is 0 Å². The second-order valence-electron chi connectivity index (χ2n) is 4.05. The van der Waals surface area contributed by atoms with Gasteiger partial charge in [0, 0.05) is 26.2 Å². The monoisotopic (exact) mass is 226 g/mol. The van der Waals surface area contributed by atoms with Crippen molar-refractivity contribution in [1.82, 2.24) is 10.2 Å². The molecular formula is C13H28N3. The minimum Gasteiger partial charge on any atom is -0.341 e. The van der Waals surface area contributed by atoms with Crippen LogP contribution in [0.1, 0.15) is 53.4 Å². The van der Waals surface area contributed by atoms with Crippen LogP contribution in [-0.2, 0) is 0 Å². The topological polar surface area (TPSA) is 29.7 Å². The summed E-state index contributed by atoms with van der Waals surface area (Å²) in [6, 6.07) is 0. The standard InChI is InChI=1S/C13H28N3/c1-5-9-14-13(15-10-6-2)16(11-7-3)12-8-4/h5-12H2,1-4H3. The van der Waals surface area contributed by atoms with Crippen molar-refractivity contribution in [2.45, 2.75) is 53.4 Å². The minimum absolute atomic E-state index is 0.895. The van der Waals surface area contributed by atoms with E-state index < -0.39 is 0 Å². The van der Waals surface area contributed by atoms with Crippen molar-refractivity contribution in [3.05, 3.63) is 0 Å². The zero-order valence-corrected chi connectivity index (χ0v) is 11.5. The van der Waals surface area contributed by atoms with Gasteiger partial charge < -0.3 is 4.90 Å². The summed E-state index contributed by atoms with van der Waals surface area (Å²) >= 11 is 0. The predicted octanol–water partition coefficient (Wildman–Crippen LogP) is 2.89. The molecule has 0 aromatic carbocycles. The summed E-state index contributed by atoms with van der Waals surface area (Å²) in [5, 5.41) is 4.59. The second-order valence-corrected chi connectivity index (χ2v) is 4.05. The summed E-state index contributed by atoms with van der Waals surface area (Å²) in [5.74, 6) is 0.979. The van der Waals surface area contributed by atoms with Crippen molar-refractivity contribution in [3.63, 3.8) is 0 Å². The van der Waals surface area contributed by atoms with Gasteiger partial charge in [-0.05, 0) is 25.7 Å². The van der Waals surface area contributed by atoms with Crippen LogP contribution in [-0.4, -0.2) is 37.0 Å². The summed E-state index contributed by atoms with van der Waals surface area (Å²) in [5.41, 5.74) is 0. The fourth-order valence-electron chi connectivity index (χ4n) is 1.53. The molecule has 0 saturated carbocycles. The quantitative estimate of drug-likeness (QED) is 0.462. The Morgan fingerprint density at radius 2 is 1.38 bits per heavy atom. The number of guanidine groups is 1. The highest BCUT2D eigenvalue weighted by molar-refractivity contribution is 5.79. The minimum atomic E-state index is 0.895. The van der Waals surface area contributed by atoms with E-state index in [4.69, 9.17) is 0 Å². The molecule has 0 aliphatic heterocycles. The summed E-state index contributed by atoms with van der Waals surface area (Å²) in [6.07, 6.45) is 4.51. The Morgan fingerprint density at radius 1 is 0.812 bits per heavy atom. The van der Waals surface area contributed by atoms with E-state index in [1.54, 1.807) is 0 Å². The third-order valence-electron chi connectivity index (χ3n) is 2.22. The first kappa shape index (κ1) is 15.3. The smallest absolute Gasteiger partial charge is 0.215 e. The van der Waals surface area contributed by atoms with Crippen LogP contribution in [0.5, 0.6) is 0 Å². The van der Waals surface area contributed by atoms with Crippen LogP contribution < -0.4 is 5.32 Å². The average Bonchev–Trinajstić information content (AvgIpc) is 2.29. The fourth-order valence-corrected chi connectivity index (χ4v) is 1.53. The second kappa shape index (κ2) is 10.8. The van der Waals surface area contributed by atoms with Crippen molar-refractivity contribution in [3.8, 4) is 0 Å². The molecule has 0 fully saturated rings. The lowest BCUT2D eigenvalue weighted by molar-refractivity contribution is 0.398. The Bertz CT molecular complexity index is 172. The summed E-state index contributed by atoms with van der Waals surface area (Å²) in [7, 11) is 0. The Morgan fingerprint density at radius 3 is 1.81 bits per heavy atom. The molecule has 3 heteroatoms. The van der Waals surface area contributed by atoms with Gasteiger partial charge in [-0.15, -0.1) is 0 Å². The molecule has 0 amide bonds. The van der Waals surface area contributed by atoms with Crippen LogP contribution in [0.25, 0.3) is 0 Å². The summed E-state index contributed by atoms with van der Waals surface area (Å²) in [6.45, 7) is 12.7. The third-order valence-corrected chi connectivity index (χ3v) is 2.22. The van der Waals surface area contributed by atoms with Crippen molar-refractivity contribution in [2.75, 3.05) is 26.2 Å². The fraction of sp³-hybridized carbons (Fsp3) is 0.923. The lowest BCUT2D eigenvalue weighted by Gasteiger charge is -2.24. The zero-order valence-electron chi connectivity index (χ0n) is 11.5. The largest absolute Gasteiger partial charge is 0.341 e. The van der Waals surface area contributed by atoms with Gasteiger partial charge in [-0.25, -0.2) is 0 Å². The molecule has 0 aromatic heterocycles. The number of rotatable bonds is 8. The van der Waals surface area contributed by atoms with Crippen LogP contribution in [0.3, 0.4) is 0 Å². The average molecular weight is 226 g/mol. The van der Waals surface area contributed by atoms with Gasteiger partial charge >= 0.3 is 0 Å². The summed E-state index contributed by atoms with van der Waals surface area (Å²) in [4.78, 5) is 6.92. The lowest BCUT2D eigenvalue weighted by atomic mass is 10.3. The highest BCUT2D eigenvalue weighted by atomic mass is 15.3. The lowest BCUT2D eigenvalue weighted by Crippen LogP contribution is -2.39. The van der Waals surface area contributed by atoms with E-state index in [1.165, 1.54) is 0 Å². The SMILES string of the molecule is CCC[N]C(=NCCC)N(CCC)CCC. The number of aliphatic imine (C=N–C) groups is 1. The molecule has 0 unspecified atom stereocenters. The summed E-state index contributed by atoms with van der Waals surface area (Å²) < 4.78 is 0. The Hall–Kier alpha value is -0.730. The molecule has 1 radical (unpaired) electrons. The van der Waals surface area contributed by atoms with E-state index in [-0.39, 0.29) is 0 Å². The Balaban J connectivity index is 4.39. The maximum Gasteiger partial charge on any atom is 0.215 e. The van der Waals surface area contributed by atoms with E-state index in [2.05, 4.69) is 42.9 Å². The van der Waals surface area contributed by atoms with Crippen LogP contribution in [0.2, 0.25) is 0 Å². The van der Waals surface area contributed by atoms with E-state index >= 15 is 0 Å². The van der Waals surface area contributed by atoms with Gasteiger partial charge in [-0.1, -0.05) is 27.7 Å². The molecule has 0 atom stereocenters. The molecule has 16 heavy (non-hydrogen) atoms. The van der Waals surface area contributed by atoms with Gasteiger partial charge in [-0.2, -0.15) is 0 Å². The molecular weight excluding hydrogens is 198 g/mol. The van der Waals surface area contributed by atoms with Gasteiger partial charge in [-0.3, -0.25) is 10.3 Å². The van der Waals surface area contributed by atoms with E-state index in [1.807, 2.05) is 0 Å². The predicted molar refractivity (Wildman–Crippen MR) is 72.0 cm³/mol. The zero-order chi connectivity index (χ0) is 12.2. The molecule has 0 bridgehead atoms. The first-order valence-corrected chi connectivity index (χ1v) is 6.76. The molecule has 95 valence electrons. The molecule has 0 heterocycles. The highest BCUT2D eigenvalue weighted by Gasteiger charge is 2.09. The number of nitrogens with zero attached hydrogens (tertiary/aromatic N) is 3. The van der Waals surface area contributed by atoms with Crippen molar-refractivity contribution >= 4 is 5.96 Å². The molecule has 0 saturated heterocycles. The Kier molecular flexibility index (Phi) is 10.3. The van der Waals surface area contributed by atoms with E-state index in [0.717, 1.165) is 57.8 Å². The molecule has 0 spiro atoms. The van der Waals surface area contributed by atoms with Crippen LogP contribution in [0, 0.1) is 0 Å². The first-order valence-electron chi connectivity index (χ1n) is 6.76. The van der Waals surface area contributed by atoms with Gasteiger partial charge in [0.1, 0.15) is 0 Å². The molecule has 0 N–H and O–H groups in total. The van der Waals surface area contributed by atoms with E-state index in [9.17, 15) is 0 Å². The molecule has 3 nitrogen and oxygen atoms in total. The molecule has 0 aliphatic rings. The van der Waals surface area contributed by atoms with Gasteiger partial charge in [0.05, 0.1) is 0 Å². The van der Waals surface area contributed by atoms with E-state index in [0.29, 0.717) is 0 Å². The maximum absolute atomic E-state index is 4.59. The number of hydrogen-bond acceptors (Lipinski definition) is 1. The normalized spacial score (nSPS) is 11.6. The molecule has 0 rings (SSSR count).